The molecule has 0 aliphatic carbocycles. The first-order valence-corrected chi connectivity index (χ1v) is 8.14. The highest BCUT2D eigenvalue weighted by molar-refractivity contribution is 6.33. The largest absolute Gasteiger partial charge is 0.484 e. The first-order chi connectivity index (χ1) is 12.5. The van der Waals surface area contributed by atoms with Crippen molar-refractivity contribution in [3.63, 3.8) is 0 Å². The zero-order valence-electron chi connectivity index (χ0n) is 13.9. The first kappa shape index (κ1) is 17.7. The summed E-state index contributed by atoms with van der Waals surface area (Å²) in [7, 11) is 0. The van der Waals surface area contributed by atoms with Crippen LogP contribution >= 0.6 is 11.6 Å². The van der Waals surface area contributed by atoms with Gasteiger partial charge in [0.25, 0.3) is 5.91 Å². The number of fused-ring (bicyclic) bond motifs is 1. The van der Waals surface area contributed by atoms with Gasteiger partial charge in [0, 0.05) is 28.1 Å². The molecule has 1 N–H and O–H groups in total. The topological polar surface area (TPSA) is 80.9 Å². The molecule has 0 radical (unpaired) electrons. The van der Waals surface area contributed by atoms with E-state index in [0.717, 1.165) is 10.9 Å². The lowest BCUT2D eigenvalue weighted by Gasteiger charge is -2.06. The summed E-state index contributed by atoms with van der Waals surface area (Å²) in [5.74, 6) is -0.0180. The van der Waals surface area contributed by atoms with E-state index in [9.17, 15) is 9.59 Å². The fraction of sp³-hybridized carbons (Fsp3) is 0.105. The number of aryl methyl sites for hydroxylation is 1. The van der Waals surface area contributed by atoms with Crippen LogP contribution in [0.25, 0.3) is 11.0 Å². The van der Waals surface area contributed by atoms with E-state index in [1.165, 1.54) is 12.3 Å². The maximum absolute atomic E-state index is 11.8. The van der Waals surface area contributed by atoms with Crippen molar-refractivity contribution in [2.75, 3.05) is 6.61 Å². The molecule has 0 atom stereocenters. The normalized spacial score (nSPS) is 11.0. The van der Waals surface area contributed by atoms with Crippen molar-refractivity contribution >= 4 is 34.7 Å². The monoisotopic (exact) mass is 370 g/mol. The smallest absolute Gasteiger partial charge is 0.336 e. The summed E-state index contributed by atoms with van der Waals surface area (Å²) in [4.78, 5) is 23.3. The molecule has 0 spiro atoms. The maximum atomic E-state index is 11.8. The van der Waals surface area contributed by atoms with E-state index < -0.39 is 11.5 Å². The molecule has 26 heavy (non-hydrogen) atoms. The van der Waals surface area contributed by atoms with Crippen molar-refractivity contribution < 1.29 is 13.9 Å². The molecule has 132 valence electrons. The minimum atomic E-state index is -0.432. The van der Waals surface area contributed by atoms with Crippen LogP contribution in [0.5, 0.6) is 5.75 Å². The lowest BCUT2D eigenvalue weighted by atomic mass is 10.1. The molecule has 0 unspecified atom stereocenters. The molecule has 1 aromatic heterocycles. The van der Waals surface area contributed by atoms with Gasteiger partial charge in [-0.25, -0.2) is 10.2 Å². The molecule has 0 fully saturated rings. The zero-order valence-corrected chi connectivity index (χ0v) is 14.6. The molecule has 1 amide bonds. The number of halogens is 1. The van der Waals surface area contributed by atoms with Gasteiger partial charge in [0.1, 0.15) is 11.3 Å². The fourth-order valence-electron chi connectivity index (χ4n) is 2.33. The Labute approximate surface area is 154 Å². The molecular weight excluding hydrogens is 356 g/mol. The minimum Gasteiger partial charge on any atom is -0.484 e. The van der Waals surface area contributed by atoms with Crippen LogP contribution in [0.4, 0.5) is 0 Å². The summed E-state index contributed by atoms with van der Waals surface area (Å²) in [6.07, 6.45) is 1.45. The van der Waals surface area contributed by atoms with E-state index >= 15 is 0 Å². The van der Waals surface area contributed by atoms with Gasteiger partial charge in [0.05, 0.1) is 6.21 Å². The Kier molecular flexibility index (Phi) is 5.34. The zero-order chi connectivity index (χ0) is 18.5. The Balaban J connectivity index is 1.60. The van der Waals surface area contributed by atoms with E-state index in [1.807, 2.05) is 13.0 Å². The number of hydrogen-bond acceptors (Lipinski definition) is 5. The Bertz CT molecular complexity index is 1040. The molecule has 1 heterocycles. The number of nitrogens with zero attached hydrogens (tertiary/aromatic N) is 1. The molecule has 7 heteroatoms. The second-order valence-corrected chi connectivity index (χ2v) is 5.92. The van der Waals surface area contributed by atoms with Crippen LogP contribution < -0.4 is 15.8 Å². The summed E-state index contributed by atoms with van der Waals surface area (Å²) in [5, 5.41) is 5.19. The molecule has 0 bridgehead atoms. The van der Waals surface area contributed by atoms with Crippen molar-refractivity contribution in [1.29, 1.82) is 0 Å². The second-order valence-electron chi connectivity index (χ2n) is 5.51. The Morgan fingerprint density at radius 3 is 2.88 bits per heavy atom. The van der Waals surface area contributed by atoms with Gasteiger partial charge in [0.2, 0.25) is 0 Å². The van der Waals surface area contributed by atoms with E-state index in [1.54, 1.807) is 36.4 Å². The predicted octanol–water partition coefficient (Wildman–Crippen LogP) is 3.28. The second kappa shape index (κ2) is 7.84. The third kappa shape index (κ3) is 4.29. The number of carbonyl (C=O) groups is 1. The van der Waals surface area contributed by atoms with E-state index in [4.69, 9.17) is 20.8 Å². The van der Waals surface area contributed by atoms with Crippen molar-refractivity contribution in [3.05, 3.63) is 75.1 Å². The van der Waals surface area contributed by atoms with E-state index in [-0.39, 0.29) is 6.61 Å². The highest BCUT2D eigenvalue weighted by Gasteiger charge is 2.06. The van der Waals surface area contributed by atoms with Crippen LogP contribution in [-0.2, 0) is 4.79 Å². The molecule has 2 aromatic carbocycles. The number of carbonyl (C=O) groups excluding carboxylic acids is 1. The van der Waals surface area contributed by atoms with Gasteiger partial charge in [-0.15, -0.1) is 0 Å². The Hall–Kier alpha value is -3.12. The number of nitrogens with one attached hydrogen (secondary N) is 1. The van der Waals surface area contributed by atoms with E-state index in [0.29, 0.717) is 21.9 Å². The minimum absolute atomic E-state index is 0.235. The number of rotatable bonds is 5. The molecule has 0 aliphatic heterocycles. The van der Waals surface area contributed by atoms with Gasteiger partial charge >= 0.3 is 5.63 Å². The molecule has 3 aromatic rings. The summed E-state index contributed by atoms with van der Waals surface area (Å²) < 4.78 is 10.6. The van der Waals surface area contributed by atoms with E-state index in [2.05, 4.69) is 10.5 Å². The van der Waals surface area contributed by atoms with Crippen LogP contribution in [-0.4, -0.2) is 18.7 Å². The average molecular weight is 371 g/mol. The van der Waals surface area contributed by atoms with Crippen molar-refractivity contribution in [2.45, 2.75) is 6.92 Å². The van der Waals surface area contributed by atoms with Gasteiger partial charge in [-0.05, 0) is 30.7 Å². The van der Waals surface area contributed by atoms with Crippen molar-refractivity contribution in [2.24, 2.45) is 5.10 Å². The standard InChI is InChI=1S/C19H15ClN2O4/c1-12-8-19(24)26-17-9-14(6-7-15(12)17)25-11-18(23)22-21-10-13-4-2-3-5-16(13)20/h2-10H,11H2,1H3,(H,22,23). The fourth-order valence-corrected chi connectivity index (χ4v) is 2.51. The molecule has 3 rings (SSSR count). The molecule has 0 saturated heterocycles. The molecule has 6 nitrogen and oxygen atoms in total. The number of benzene rings is 2. The Morgan fingerprint density at radius 1 is 1.27 bits per heavy atom. The van der Waals surface area contributed by atoms with Gasteiger partial charge in [0.15, 0.2) is 6.61 Å². The van der Waals surface area contributed by atoms with Crippen LogP contribution in [0, 0.1) is 6.92 Å². The van der Waals surface area contributed by atoms with Gasteiger partial charge in [-0.1, -0.05) is 29.8 Å². The number of amides is 1. The predicted molar refractivity (Wildman–Crippen MR) is 99.9 cm³/mol. The van der Waals surface area contributed by atoms with Crippen LogP contribution in [0.3, 0.4) is 0 Å². The van der Waals surface area contributed by atoms with Gasteiger partial charge in [-0.3, -0.25) is 4.79 Å². The number of hydrogen-bond donors (Lipinski definition) is 1. The van der Waals surface area contributed by atoms with Crippen LogP contribution in [0.2, 0.25) is 5.02 Å². The number of hydrazone groups is 1. The first-order valence-electron chi connectivity index (χ1n) is 7.77. The highest BCUT2D eigenvalue weighted by atomic mass is 35.5. The van der Waals surface area contributed by atoms with Gasteiger partial charge in [-0.2, -0.15) is 5.10 Å². The van der Waals surface area contributed by atoms with Crippen molar-refractivity contribution in [3.8, 4) is 5.75 Å². The molecule has 0 aliphatic rings. The maximum Gasteiger partial charge on any atom is 0.336 e. The Morgan fingerprint density at radius 2 is 2.08 bits per heavy atom. The molecular formula is C19H15ClN2O4. The van der Waals surface area contributed by atoms with Crippen LogP contribution in [0.15, 0.2) is 62.8 Å². The molecule has 0 saturated carbocycles. The van der Waals surface area contributed by atoms with Gasteiger partial charge < -0.3 is 9.15 Å². The highest BCUT2D eigenvalue weighted by Crippen LogP contribution is 2.22. The summed E-state index contributed by atoms with van der Waals surface area (Å²) in [5.41, 5.74) is 3.84. The number of ether oxygens (including phenoxy) is 1. The SMILES string of the molecule is Cc1cc(=O)oc2cc(OCC(=O)NN=Cc3ccccc3Cl)ccc12. The summed E-state index contributed by atoms with van der Waals surface area (Å²) >= 11 is 5.99. The average Bonchev–Trinajstić information content (AvgIpc) is 2.61. The third-order valence-electron chi connectivity index (χ3n) is 3.59. The quantitative estimate of drug-likeness (QED) is 0.424. The van der Waals surface area contributed by atoms with Crippen molar-refractivity contribution in [1.82, 2.24) is 5.43 Å². The lowest BCUT2D eigenvalue weighted by Crippen LogP contribution is -2.24. The summed E-state index contributed by atoms with van der Waals surface area (Å²) in [6, 6.07) is 13.6. The van der Waals surface area contributed by atoms with Crippen LogP contribution in [0.1, 0.15) is 11.1 Å². The lowest BCUT2D eigenvalue weighted by molar-refractivity contribution is -0.123. The summed E-state index contributed by atoms with van der Waals surface area (Å²) in [6.45, 7) is 1.59. The third-order valence-corrected chi connectivity index (χ3v) is 3.94.